The van der Waals surface area contributed by atoms with Crippen molar-refractivity contribution in [3.8, 4) is 0 Å². The molecule has 1 aliphatic rings. The topological polar surface area (TPSA) is 90.7 Å². The number of likely N-dealkylation sites (tertiary alicyclic amines) is 1. The maximum Gasteiger partial charge on any atom is 0.188 e. The fraction of sp³-hybridized carbons (Fsp3) is 0.455. The molecule has 7 nitrogen and oxygen atoms in total. The summed E-state index contributed by atoms with van der Waals surface area (Å²) in [5.41, 5.74) is 2.32. The van der Waals surface area contributed by atoms with Crippen molar-refractivity contribution in [1.82, 2.24) is 14.9 Å². The summed E-state index contributed by atoms with van der Waals surface area (Å²) >= 11 is 3.11. The Morgan fingerprint density at radius 3 is 2.61 bits per heavy atom. The summed E-state index contributed by atoms with van der Waals surface area (Å²) in [5.74, 6) is 0.656. The van der Waals surface area contributed by atoms with E-state index in [1.165, 1.54) is 17.5 Å². The van der Waals surface area contributed by atoms with Crippen LogP contribution in [0.2, 0.25) is 0 Å². The van der Waals surface area contributed by atoms with Gasteiger partial charge in [-0.05, 0) is 51.8 Å². The van der Waals surface area contributed by atoms with Gasteiger partial charge in [0.25, 0.3) is 0 Å². The molecule has 0 bridgehead atoms. The minimum absolute atomic E-state index is 0.0509. The number of thioether (sulfide) groups is 1. The first-order valence-corrected chi connectivity index (χ1v) is 12.3. The number of carbonyl (C=O) groups excluding carboxylic acids is 1. The van der Waals surface area contributed by atoms with Gasteiger partial charge in [0.15, 0.2) is 11.4 Å². The number of β-amino-alcohol motifs (C(OH)–C–C–N with tert-alkyl or cyclic N) is 1. The van der Waals surface area contributed by atoms with Crippen molar-refractivity contribution in [3.63, 3.8) is 0 Å². The van der Waals surface area contributed by atoms with Gasteiger partial charge in [-0.25, -0.2) is 9.97 Å². The summed E-state index contributed by atoms with van der Waals surface area (Å²) in [6, 6.07) is 3.46. The van der Waals surface area contributed by atoms with Crippen LogP contribution in [0.3, 0.4) is 0 Å². The maximum atomic E-state index is 10.6. The monoisotopic (exact) mass is 463 g/mol. The molecule has 0 aliphatic carbocycles. The number of allylic oxidation sites excluding steroid dienone is 1. The third-order valence-electron chi connectivity index (χ3n) is 4.03. The van der Waals surface area contributed by atoms with Crippen LogP contribution in [0.5, 0.6) is 0 Å². The first-order chi connectivity index (χ1) is 14.9. The molecule has 0 aromatic carbocycles. The smallest absolute Gasteiger partial charge is 0.188 e. The largest absolute Gasteiger partial charge is 0.392 e. The van der Waals surface area contributed by atoms with E-state index < -0.39 is 0 Å². The highest BCUT2D eigenvalue weighted by atomic mass is 32.2. The summed E-state index contributed by atoms with van der Waals surface area (Å²) < 4.78 is 0. The Morgan fingerprint density at radius 2 is 2.13 bits per heavy atom. The molecule has 3 rings (SSSR count). The number of carbonyl (C=O) groups is 1. The van der Waals surface area contributed by atoms with Crippen LogP contribution >= 0.6 is 23.1 Å². The number of nitrogens with one attached hydrogen (secondary N) is 1. The van der Waals surface area contributed by atoms with Crippen LogP contribution in [0.25, 0.3) is 6.08 Å². The van der Waals surface area contributed by atoms with Crippen molar-refractivity contribution in [1.29, 1.82) is 0 Å². The normalized spacial score (nSPS) is 16.7. The van der Waals surface area contributed by atoms with E-state index in [4.69, 9.17) is 5.11 Å². The molecule has 2 N–H and O–H groups in total. The van der Waals surface area contributed by atoms with Crippen molar-refractivity contribution in [2.75, 3.05) is 31.7 Å². The highest BCUT2D eigenvalue weighted by Crippen LogP contribution is 2.21. The minimum atomic E-state index is -0.0509. The summed E-state index contributed by atoms with van der Waals surface area (Å²) in [6.07, 6.45) is 7.13. The molecule has 1 fully saturated rings. The van der Waals surface area contributed by atoms with Gasteiger partial charge in [-0.2, -0.15) is 0 Å². The summed E-state index contributed by atoms with van der Waals surface area (Å²) in [7, 11) is 2.02. The number of rotatable bonds is 5. The van der Waals surface area contributed by atoms with E-state index in [-0.39, 0.29) is 6.10 Å². The number of aliphatic hydroxyl groups excluding tert-OH is 1. The fourth-order valence-electron chi connectivity index (χ4n) is 2.52. The van der Waals surface area contributed by atoms with Gasteiger partial charge in [-0.15, -0.1) is 23.1 Å². The lowest BCUT2D eigenvalue weighted by atomic mass is 10.3. The van der Waals surface area contributed by atoms with Crippen LogP contribution in [-0.2, 0) is 0 Å². The standard InChI is InChI=1S/C15H16N4OS2.C5H11NO.C2H6/c1-10(17-11(2)21-3)6-13-9-22-15(18-13)19-14-5-4-12(8-20)7-16-14;1-6-3-2-5(7)4-6;1-2/h4-9H,1-3H3,(H,16,18,19);5,7H,2-4H2,1H3;1-2H3/b10-6+,17-11?;;/t;5-;/m.1./s1. The van der Waals surface area contributed by atoms with Crippen LogP contribution in [0.4, 0.5) is 10.9 Å². The SMILES string of the molecule is CC.CN1CC[C@@H](O)C1.CSC(C)=N/C(C)=C/c1csc(Nc2ccc(C=O)cn2)n1. The molecule has 3 heterocycles. The second-order valence-electron chi connectivity index (χ2n) is 6.62. The first kappa shape index (κ1) is 27.0. The van der Waals surface area contributed by atoms with Gasteiger partial charge in [0, 0.05) is 35.9 Å². The number of aldehydes is 1. The molecule has 2 aromatic rings. The molecule has 0 radical (unpaired) electrons. The maximum absolute atomic E-state index is 10.6. The number of hydrogen-bond donors (Lipinski definition) is 2. The molecule has 9 heteroatoms. The number of likely N-dealkylation sites (N-methyl/N-ethyl adjacent to an activating group) is 1. The molecule has 1 saturated heterocycles. The third kappa shape index (κ3) is 10.7. The molecule has 1 atom stereocenters. The Bertz CT molecular complexity index is 842. The van der Waals surface area contributed by atoms with E-state index in [1.54, 1.807) is 23.9 Å². The molecule has 0 unspecified atom stereocenters. The number of aliphatic imine (C=N–C) groups is 1. The average Bonchev–Trinajstić information content (AvgIpc) is 3.37. The zero-order chi connectivity index (χ0) is 23.2. The van der Waals surface area contributed by atoms with E-state index in [9.17, 15) is 4.79 Å². The third-order valence-corrected chi connectivity index (χ3v) is 5.49. The average molecular weight is 464 g/mol. The Balaban J connectivity index is 0.000000447. The molecule has 0 spiro atoms. The van der Waals surface area contributed by atoms with Crippen molar-refractivity contribution in [2.45, 2.75) is 40.2 Å². The number of aromatic nitrogens is 2. The number of nitrogens with zero attached hydrogens (tertiary/aromatic N) is 4. The molecular weight excluding hydrogens is 430 g/mol. The van der Waals surface area contributed by atoms with Gasteiger partial charge in [-0.1, -0.05) is 13.8 Å². The highest BCUT2D eigenvalue weighted by Gasteiger charge is 2.15. The van der Waals surface area contributed by atoms with Crippen LogP contribution in [0, 0.1) is 0 Å². The zero-order valence-electron chi connectivity index (χ0n) is 19.1. The lowest BCUT2D eigenvalue weighted by Gasteiger charge is -2.02. The predicted octanol–water partition coefficient (Wildman–Crippen LogP) is 4.95. The van der Waals surface area contributed by atoms with Gasteiger partial charge in [0.2, 0.25) is 0 Å². The zero-order valence-corrected chi connectivity index (χ0v) is 20.8. The van der Waals surface area contributed by atoms with E-state index >= 15 is 0 Å². The van der Waals surface area contributed by atoms with Gasteiger partial charge < -0.3 is 15.3 Å². The lowest BCUT2D eigenvalue weighted by molar-refractivity contribution is 0.112. The number of aliphatic hydroxyl groups is 1. The van der Waals surface area contributed by atoms with Crippen molar-refractivity contribution in [2.24, 2.45) is 4.99 Å². The Morgan fingerprint density at radius 1 is 1.39 bits per heavy atom. The van der Waals surface area contributed by atoms with Crippen molar-refractivity contribution < 1.29 is 9.90 Å². The number of pyridine rings is 1. The molecule has 170 valence electrons. The van der Waals surface area contributed by atoms with E-state index in [0.717, 1.165) is 47.4 Å². The van der Waals surface area contributed by atoms with Gasteiger partial charge in [0.05, 0.1) is 16.8 Å². The second kappa shape index (κ2) is 14.9. The lowest BCUT2D eigenvalue weighted by Crippen LogP contribution is -2.15. The fourth-order valence-corrected chi connectivity index (χ4v) is 3.43. The summed E-state index contributed by atoms with van der Waals surface area (Å²) in [4.78, 5) is 25.8. The predicted molar refractivity (Wildman–Crippen MR) is 135 cm³/mol. The minimum Gasteiger partial charge on any atom is -0.392 e. The summed E-state index contributed by atoms with van der Waals surface area (Å²) in [6.45, 7) is 9.84. The first-order valence-electron chi connectivity index (χ1n) is 10.2. The molecule has 0 amide bonds. The van der Waals surface area contributed by atoms with Gasteiger partial charge >= 0.3 is 0 Å². The highest BCUT2D eigenvalue weighted by molar-refractivity contribution is 8.13. The van der Waals surface area contributed by atoms with Crippen LogP contribution < -0.4 is 5.32 Å². The van der Waals surface area contributed by atoms with Crippen molar-refractivity contribution >= 4 is 51.5 Å². The van der Waals surface area contributed by atoms with Crippen molar-refractivity contribution in [3.05, 3.63) is 40.7 Å². The molecule has 2 aromatic heterocycles. The van der Waals surface area contributed by atoms with Crippen LogP contribution in [0.1, 0.15) is 50.2 Å². The van der Waals surface area contributed by atoms with E-state index in [2.05, 4.69) is 25.2 Å². The molecule has 0 saturated carbocycles. The quantitative estimate of drug-likeness (QED) is 0.368. The number of hydrogen-bond acceptors (Lipinski definition) is 9. The Kier molecular flexibility index (Phi) is 12.9. The van der Waals surface area contributed by atoms with Crippen LogP contribution in [-0.4, -0.2) is 63.8 Å². The Hall–Kier alpha value is -2.07. The summed E-state index contributed by atoms with van der Waals surface area (Å²) in [5, 5.41) is 15.7. The molecule has 31 heavy (non-hydrogen) atoms. The molecular formula is C22H33N5O2S2. The van der Waals surface area contributed by atoms with E-state index in [1.807, 2.05) is 52.5 Å². The van der Waals surface area contributed by atoms with E-state index in [0.29, 0.717) is 11.4 Å². The number of anilines is 2. The Labute approximate surface area is 193 Å². The van der Waals surface area contributed by atoms with Crippen LogP contribution in [0.15, 0.2) is 34.4 Å². The molecule has 1 aliphatic heterocycles. The van der Waals surface area contributed by atoms with Gasteiger partial charge in [0.1, 0.15) is 5.82 Å². The number of thiazole rings is 1. The second-order valence-corrected chi connectivity index (χ2v) is 8.48. The van der Waals surface area contributed by atoms with Gasteiger partial charge in [-0.3, -0.25) is 9.79 Å².